The number of anilines is 1. The fourth-order valence-corrected chi connectivity index (χ4v) is 1.12. The third-order valence-electron chi connectivity index (χ3n) is 1.85. The van der Waals surface area contributed by atoms with E-state index in [0.717, 1.165) is 0 Å². The highest BCUT2D eigenvalue weighted by Gasteiger charge is 2.09. The van der Waals surface area contributed by atoms with E-state index in [1.807, 2.05) is 0 Å². The number of nitrogen functional groups attached to an aromatic ring is 1. The van der Waals surface area contributed by atoms with E-state index in [-0.39, 0.29) is 19.1 Å². The minimum absolute atomic E-state index is 0.0115. The predicted octanol–water partition coefficient (Wildman–Crippen LogP) is -0.808. The molecular formula is C9H13N5O3. The van der Waals surface area contributed by atoms with E-state index >= 15 is 0 Å². The molecule has 0 aliphatic rings. The summed E-state index contributed by atoms with van der Waals surface area (Å²) in [6.45, 7) is 0.172. The highest BCUT2D eigenvalue weighted by molar-refractivity contribution is 5.99. The van der Waals surface area contributed by atoms with Crippen LogP contribution in [0.3, 0.4) is 0 Å². The largest absolute Gasteiger partial charge is 0.448 e. The van der Waals surface area contributed by atoms with Gasteiger partial charge in [-0.3, -0.25) is 15.6 Å². The molecule has 0 radical (unpaired) electrons. The summed E-state index contributed by atoms with van der Waals surface area (Å²) >= 11 is 0. The van der Waals surface area contributed by atoms with Gasteiger partial charge in [-0.1, -0.05) is 0 Å². The van der Waals surface area contributed by atoms with Crippen molar-refractivity contribution in [3.8, 4) is 0 Å². The van der Waals surface area contributed by atoms with Crippen molar-refractivity contribution in [2.45, 2.75) is 0 Å². The number of hydrazine groups is 1. The first-order valence-corrected chi connectivity index (χ1v) is 4.76. The first kappa shape index (κ1) is 12.7. The minimum Gasteiger partial charge on any atom is -0.448 e. The van der Waals surface area contributed by atoms with Crippen LogP contribution >= 0.6 is 0 Å². The van der Waals surface area contributed by atoms with Crippen molar-refractivity contribution < 1.29 is 14.3 Å². The van der Waals surface area contributed by atoms with Crippen LogP contribution in [-0.2, 0) is 4.74 Å². The topological polar surface area (TPSA) is 132 Å². The van der Waals surface area contributed by atoms with Gasteiger partial charge >= 0.3 is 6.09 Å². The van der Waals surface area contributed by atoms with Gasteiger partial charge in [-0.05, 0) is 6.07 Å². The molecule has 0 fully saturated rings. The molecule has 92 valence electrons. The second-order valence-corrected chi connectivity index (χ2v) is 2.99. The van der Waals surface area contributed by atoms with Gasteiger partial charge in [0.05, 0.1) is 24.0 Å². The number of carbonyl (C=O) groups is 2. The van der Waals surface area contributed by atoms with Gasteiger partial charge in [-0.2, -0.15) is 0 Å². The Morgan fingerprint density at radius 2 is 2.24 bits per heavy atom. The Kier molecular flexibility index (Phi) is 4.70. The van der Waals surface area contributed by atoms with E-state index in [2.05, 4.69) is 20.5 Å². The first-order chi connectivity index (χ1) is 8.15. The van der Waals surface area contributed by atoms with E-state index in [1.54, 1.807) is 0 Å². The average Bonchev–Trinajstić information content (AvgIpc) is 2.34. The molecule has 0 spiro atoms. The van der Waals surface area contributed by atoms with Crippen molar-refractivity contribution in [3.05, 3.63) is 24.0 Å². The van der Waals surface area contributed by atoms with Crippen LogP contribution in [0, 0.1) is 0 Å². The van der Waals surface area contributed by atoms with E-state index < -0.39 is 6.09 Å². The zero-order chi connectivity index (χ0) is 12.7. The van der Waals surface area contributed by atoms with Crippen molar-refractivity contribution in [1.29, 1.82) is 0 Å². The van der Waals surface area contributed by atoms with E-state index in [1.165, 1.54) is 18.5 Å². The van der Waals surface area contributed by atoms with Crippen LogP contribution in [0.25, 0.3) is 0 Å². The lowest BCUT2D eigenvalue weighted by atomic mass is 10.2. The van der Waals surface area contributed by atoms with Gasteiger partial charge in [0, 0.05) is 6.20 Å². The lowest BCUT2D eigenvalue weighted by Crippen LogP contribution is -2.30. The number of hydrogen-bond donors (Lipinski definition) is 4. The van der Waals surface area contributed by atoms with Gasteiger partial charge in [0.15, 0.2) is 0 Å². The number of pyridine rings is 1. The molecule has 1 aromatic rings. The molecule has 0 aliphatic carbocycles. The Hall–Kier alpha value is -2.35. The van der Waals surface area contributed by atoms with Crippen LogP contribution in [-0.4, -0.2) is 30.1 Å². The number of primary amides is 1. The SMILES string of the molecule is NNc1cnccc1C(=O)NCCOC(N)=O. The number of nitrogens with one attached hydrogen (secondary N) is 2. The third kappa shape index (κ3) is 3.95. The molecule has 8 heteroatoms. The Morgan fingerprint density at radius 3 is 2.88 bits per heavy atom. The molecule has 0 unspecified atom stereocenters. The predicted molar refractivity (Wildman–Crippen MR) is 59.9 cm³/mol. The molecule has 0 aliphatic heterocycles. The Labute approximate surface area is 97.3 Å². The van der Waals surface area contributed by atoms with Gasteiger partial charge in [0.2, 0.25) is 0 Å². The van der Waals surface area contributed by atoms with Crippen molar-refractivity contribution in [3.63, 3.8) is 0 Å². The Balaban J connectivity index is 2.49. The number of nitrogens with two attached hydrogens (primary N) is 2. The lowest BCUT2D eigenvalue weighted by molar-refractivity contribution is 0.0937. The maximum Gasteiger partial charge on any atom is 0.404 e. The Bertz CT molecular complexity index is 409. The zero-order valence-corrected chi connectivity index (χ0v) is 8.97. The smallest absolute Gasteiger partial charge is 0.404 e. The molecule has 0 atom stereocenters. The molecule has 1 heterocycles. The third-order valence-corrected chi connectivity index (χ3v) is 1.85. The van der Waals surface area contributed by atoms with Gasteiger partial charge in [0.1, 0.15) is 6.61 Å². The summed E-state index contributed by atoms with van der Waals surface area (Å²) in [5, 5.41) is 2.53. The van der Waals surface area contributed by atoms with Gasteiger partial charge in [-0.25, -0.2) is 4.79 Å². The normalized spacial score (nSPS) is 9.47. The van der Waals surface area contributed by atoms with Crippen LogP contribution < -0.4 is 22.3 Å². The molecule has 1 aromatic heterocycles. The first-order valence-electron chi connectivity index (χ1n) is 4.76. The van der Waals surface area contributed by atoms with E-state index in [0.29, 0.717) is 11.3 Å². The zero-order valence-electron chi connectivity index (χ0n) is 8.97. The maximum absolute atomic E-state index is 11.7. The second kappa shape index (κ2) is 6.28. The van der Waals surface area contributed by atoms with Gasteiger partial charge in [0.25, 0.3) is 5.91 Å². The highest BCUT2D eigenvalue weighted by Crippen LogP contribution is 2.10. The summed E-state index contributed by atoms with van der Waals surface area (Å²) in [6.07, 6.45) is 2.01. The van der Waals surface area contributed by atoms with Crippen molar-refractivity contribution in [2.75, 3.05) is 18.6 Å². The number of aromatic nitrogens is 1. The summed E-state index contributed by atoms with van der Waals surface area (Å²) in [4.78, 5) is 25.7. The van der Waals surface area contributed by atoms with E-state index in [9.17, 15) is 9.59 Å². The number of amides is 2. The Morgan fingerprint density at radius 1 is 1.47 bits per heavy atom. The number of carbonyl (C=O) groups excluding carboxylic acids is 2. The summed E-state index contributed by atoms with van der Waals surface area (Å²) < 4.78 is 4.46. The van der Waals surface area contributed by atoms with Crippen LogP contribution in [0.2, 0.25) is 0 Å². The number of nitrogens with zero attached hydrogens (tertiary/aromatic N) is 1. The highest BCUT2D eigenvalue weighted by atomic mass is 16.5. The van der Waals surface area contributed by atoms with Crippen LogP contribution in [0.4, 0.5) is 10.5 Å². The minimum atomic E-state index is -0.882. The van der Waals surface area contributed by atoms with Crippen LogP contribution in [0.5, 0.6) is 0 Å². The molecule has 0 saturated heterocycles. The summed E-state index contributed by atoms with van der Waals surface area (Å²) in [7, 11) is 0. The summed E-state index contributed by atoms with van der Waals surface area (Å²) in [5.74, 6) is 4.87. The van der Waals surface area contributed by atoms with Crippen molar-refractivity contribution in [2.24, 2.45) is 11.6 Å². The quantitative estimate of drug-likeness (QED) is 0.302. The molecule has 0 saturated carbocycles. The average molecular weight is 239 g/mol. The molecule has 6 N–H and O–H groups in total. The second-order valence-electron chi connectivity index (χ2n) is 2.99. The number of rotatable bonds is 5. The standard InChI is InChI=1S/C9H13N5O3/c10-9(16)17-4-3-13-8(15)6-1-2-12-5-7(6)14-11/h1-2,5,14H,3-4,11H2,(H2,10,16)(H,13,15). The summed E-state index contributed by atoms with van der Waals surface area (Å²) in [5.41, 5.74) is 7.87. The fourth-order valence-electron chi connectivity index (χ4n) is 1.12. The fraction of sp³-hybridized carbons (Fsp3) is 0.222. The van der Waals surface area contributed by atoms with Gasteiger partial charge in [-0.15, -0.1) is 0 Å². The molecular weight excluding hydrogens is 226 g/mol. The molecule has 0 aromatic carbocycles. The number of hydrogen-bond acceptors (Lipinski definition) is 6. The van der Waals surface area contributed by atoms with E-state index in [4.69, 9.17) is 11.6 Å². The molecule has 17 heavy (non-hydrogen) atoms. The van der Waals surface area contributed by atoms with Gasteiger partial charge < -0.3 is 21.2 Å². The molecule has 8 nitrogen and oxygen atoms in total. The van der Waals surface area contributed by atoms with Crippen LogP contribution in [0.15, 0.2) is 18.5 Å². The lowest BCUT2D eigenvalue weighted by Gasteiger charge is -2.08. The van der Waals surface area contributed by atoms with Crippen LogP contribution in [0.1, 0.15) is 10.4 Å². The number of ether oxygens (including phenoxy) is 1. The molecule has 0 bridgehead atoms. The molecule has 2 amide bonds. The van der Waals surface area contributed by atoms with Crippen molar-refractivity contribution >= 4 is 17.7 Å². The summed E-state index contributed by atoms with van der Waals surface area (Å²) in [6, 6.07) is 1.51. The van der Waals surface area contributed by atoms with Crippen molar-refractivity contribution in [1.82, 2.24) is 10.3 Å². The maximum atomic E-state index is 11.7. The molecule has 1 rings (SSSR count). The monoisotopic (exact) mass is 239 g/mol.